The number of urea groups is 1. The minimum Gasteiger partial charge on any atom is -0.396 e. The van der Waals surface area contributed by atoms with Crippen LogP contribution in [0.1, 0.15) is 30.7 Å². The molecule has 1 saturated heterocycles. The average Bonchev–Trinajstić information content (AvgIpc) is 3.04. The second-order valence-corrected chi connectivity index (χ2v) is 11.4. The smallest absolute Gasteiger partial charge is 0.324 e. The molecule has 1 aromatic rings. The highest BCUT2D eigenvalue weighted by atomic mass is 32.1. The van der Waals surface area contributed by atoms with E-state index in [1.54, 1.807) is 18.4 Å². The van der Waals surface area contributed by atoms with E-state index in [9.17, 15) is 9.59 Å². The van der Waals surface area contributed by atoms with Crippen LogP contribution in [0, 0.1) is 11.8 Å². The quantitative estimate of drug-likeness (QED) is 0.541. The van der Waals surface area contributed by atoms with Crippen molar-refractivity contribution in [3.05, 3.63) is 10.4 Å². The number of likely N-dealkylation sites (N-methyl/N-ethyl adjacent to an activating group) is 2. The molecule has 33 heavy (non-hydrogen) atoms. The number of amides is 3. The summed E-state index contributed by atoms with van der Waals surface area (Å²) in [5, 5.41) is 3.64. The SMILES string of the molecule is COCCN(C(=O)NCC(C)(C)N(C)C)C(=O)[C@@H]1C[C@@H]2Cc3c(sc(N)c3N)C[C@H]2N(C)C1. The zero-order valence-corrected chi connectivity index (χ0v) is 21.6. The molecule has 0 saturated carbocycles. The second kappa shape index (κ2) is 10.2. The number of methoxy groups -OCH3 is 1. The predicted molar refractivity (Wildman–Crippen MR) is 133 cm³/mol. The van der Waals surface area contributed by atoms with E-state index in [4.69, 9.17) is 16.2 Å². The van der Waals surface area contributed by atoms with Crippen LogP contribution in [0.3, 0.4) is 0 Å². The van der Waals surface area contributed by atoms with Gasteiger partial charge in [-0.15, -0.1) is 11.3 Å². The summed E-state index contributed by atoms with van der Waals surface area (Å²) in [6.07, 6.45) is 2.48. The highest BCUT2D eigenvalue weighted by Crippen LogP contribution is 2.44. The third kappa shape index (κ3) is 5.45. The van der Waals surface area contributed by atoms with Crippen molar-refractivity contribution in [2.45, 2.75) is 44.7 Å². The minimum atomic E-state index is -0.363. The molecule has 9 nitrogen and oxygen atoms in total. The first-order chi connectivity index (χ1) is 15.5. The van der Waals surface area contributed by atoms with Crippen LogP contribution in [0.4, 0.5) is 15.5 Å². The van der Waals surface area contributed by atoms with E-state index in [0.717, 1.165) is 24.8 Å². The number of likely N-dealkylation sites (tertiary alicyclic amines) is 1. The van der Waals surface area contributed by atoms with Crippen molar-refractivity contribution < 1.29 is 14.3 Å². The Labute approximate surface area is 201 Å². The van der Waals surface area contributed by atoms with Crippen LogP contribution >= 0.6 is 11.3 Å². The molecule has 0 unspecified atom stereocenters. The van der Waals surface area contributed by atoms with Crippen molar-refractivity contribution in [1.82, 2.24) is 20.0 Å². The van der Waals surface area contributed by atoms with Gasteiger partial charge in [0, 0.05) is 36.7 Å². The number of hydrogen-bond acceptors (Lipinski definition) is 8. The summed E-state index contributed by atoms with van der Waals surface area (Å²) in [4.78, 5) is 33.5. The number of nitrogens with one attached hydrogen (secondary N) is 1. The number of anilines is 2. The number of nitrogens with two attached hydrogens (primary N) is 2. The Morgan fingerprint density at radius 1 is 1.27 bits per heavy atom. The van der Waals surface area contributed by atoms with Crippen molar-refractivity contribution in [3.8, 4) is 0 Å². The fourth-order valence-corrected chi connectivity index (χ4v) is 5.88. The largest absolute Gasteiger partial charge is 0.396 e. The van der Waals surface area contributed by atoms with Gasteiger partial charge in [0.25, 0.3) is 0 Å². The maximum absolute atomic E-state index is 13.6. The van der Waals surface area contributed by atoms with E-state index >= 15 is 0 Å². The molecular formula is C23H40N6O3S. The van der Waals surface area contributed by atoms with Crippen LogP contribution in [0.25, 0.3) is 0 Å². The lowest BCUT2D eigenvalue weighted by Gasteiger charge is -2.45. The van der Waals surface area contributed by atoms with Crippen molar-refractivity contribution in [2.75, 3.05) is 66.0 Å². The molecule has 0 spiro atoms. The van der Waals surface area contributed by atoms with Gasteiger partial charge in [-0.2, -0.15) is 0 Å². The molecule has 0 radical (unpaired) electrons. The van der Waals surface area contributed by atoms with E-state index in [1.165, 1.54) is 9.78 Å². The van der Waals surface area contributed by atoms with Gasteiger partial charge in [-0.1, -0.05) is 0 Å². The third-order valence-electron chi connectivity index (χ3n) is 7.49. The molecule has 1 aliphatic heterocycles. The molecular weight excluding hydrogens is 440 g/mol. The third-order valence-corrected chi connectivity index (χ3v) is 8.59. The van der Waals surface area contributed by atoms with Crippen LogP contribution in [0.5, 0.6) is 0 Å². The lowest BCUT2D eigenvalue weighted by molar-refractivity contribution is -0.136. The Morgan fingerprint density at radius 3 is 2.61 bits per heavy atom. The highest BCUT2D eigenvalue weighted by molar-refractivity contribution is 7.16. The maximum Gasteiger partial charge on any atom is 0.324 e. The molecule has 1 aromatic heterocycles. The molecule has 0 bridgehead atoms. The van der Waals surface area contributed by atoms with Crippen molar-refractivity contribution >= 4 is 34.0 Å². The Bertz CT molecular complexity index is 871. The summed E-state index contributed by atoms with van der Waals surface area (Å²) >= 11 is 1.59. The summed E-state index contributed by atoms with van der Waals surface area (Å²) in [5.74, 6) is -0.0814. The van der Waals surface area contributed by atoms with Gasteiger partial charge in [0.15, 0.2) is 0 Å². The van der Waals surface area contributed by atoms with Crippen molar-refractivity contribution in [2.24, 2.45) is 11.8 Å². The predicted octanol–water partition coefficient (Wildman–Crippen LogP) is 1.47. The van der Waals surface area contributed by atoms with E-state index < -0.39 is 0 Å². The van der Waals surface area contributed by atoms with E-state index in [1.807, 2.05) is 32.8 Å². The molecule has 3 rings (SSSR count). The molecule has 5 N–H and O–H groups in total. The van der Waals surface area contributed by atoms with Gasteiger partial charge in [0.05, 0.1) is 24.8 Å². The number of rotatable bonds is 7. The topological polar surface area (TPSA) is 117 Å². The van der Waals surface area contributed by atoms with Crippen LogP contribution in [0.15, 0.2) is 0 Å². The average molecular weight is 481 g/mol. The molecule has 3 amide bonds. The number of ether oxygens (including phenoxy) is 1. The number of fused-ring (bicyclic) bond motifs is 2. The van der Waals surface area contributed by atoms with Crippen LogP contribution < -0.4 is 16.8 Å². The standard InChI is InChI=1S/C23H40N6O3S/c1-23(2,27(3)4)13-26-22(31)29(7-8-32-6)21(30)15-9-14-10-16-18(33-20(25)19(16)24)11-17(14)28(5)12-15/h14-15,17H,7-13,24-25H2,1-6H3,(H,26,31)/t14-,15-,17-/m1/s1. The number of nitrogen functional groups attached to an aromatic ring is 2. The maximum atomic E-state index is 13.6. The Morgan fingerprint density at radius 2 is 1.97 bits per heavy atom. The molecule has 2 aliphatic rings. The Hall–Kier alpha value is -1.88. The first-order valence-corrected chi connectivity index (χ1v) is 12.4. The normalized spacial score (nSPS) is 23.2. The van der Waals surface area contributed by atoms with Gasteiger partial charge in [-0.3, -0.25) is 9.69 Å². The van der Waals surface area contributed by atoms with Gasteiger partial charge in [-0.05, 0) is 65.7 Å². The van der Waals surface area contributed by atoms with Gasteiger partial charge in [0.1, 0.15) is 5.00 Å². The van der Waals surface area contributed by atoms with Gasteiger partial charge < -0.3 is 31.3 Å². The zero-order valence-electron chi connectivity index (χ0n) is 20.8. The number of piperidine rings is 1. The molecule has 3 atom stereocenters. The Balaban J connectivity index is 1.72. The number of hydrogen-bond donors (Lipinski definition) is 3. The summed E-state index contributed by atoms with van der Waals surface area (Å²) in [6, 6.07) is -0.00123. The van der Waals surface area contributed by atoms with E-state index in [0.29, 0.717) is 42.3 Å². The number of carbonyl (C=O) groups excluding carboxylic acids is 2. The highest BCUT2D eigenvalue weighted by Gasteiger charge is 2.43. The summed E-state index contributed by atoms with van der Waals surface area (Å²) in [6.45, 7) is 5.70. The summed E-state index contributed by atoms with van der Waals surface area (Å²) in [5.41, 5.74) is 13.9. The zero-order chi connectivity index (χ0) is 24.5. The number of thiophene rings is 1. The van der Waals surface area contributed by atoms with Crippen LogP contribution in [-0.2, 0) is 22.4 Å². The summed E-state index contributed by atoms with van der Waals surface area (Å²) < 4.78 is 5.19. The first kappa shape index (κ1) is 25.7. The first-order valence-electron chi connectivity index (χ1n) is 11.6. The number of carbonyl (C=O) groups is 2. The minimum absolute atomic E-state index is 0.138. The Kier molecular flexibility index (Phi) is 7.93. The van der Waals surface area contributed by atoms with Crippen LogP contribution in [0.2, 0.25) is 0 Å². The molecule has 1 fully saturated rings. The molecule has 0 aromatic carbocycles. The number of nitrogens with zero attached hydrogens (tertiary/aromatic N) is 3. The molecule has 186 valence electrons. The monoisotopic (exact) mass is 480 g/mol. The van der Waals surface area contributed by atoms with Crippen LogP contribution in [-0.4, -0.2) is 92.7 Å². The van der Waals surface area contributed by atoms with Crippen molar-refractivity contribution in [3.63, 3.8) is 0 Å². The lowest BCUT2D eigenvalue weighted by atomic mass is 9.74. The fourth-order valence-electron chi connectivity index (χ4n) is 4.81. The van der Waals surface area contributed by atoms with Gasteiger partial charge in [-0.25, -0.2) is 4.79 Å². The molecule has 1 aliphatic carbocycles. The van der Waals surface area contributed by atoms with Gasteiger partial charge in [0.2, 0.25) is 5.91 Å². The second-order valence-electron chi connectivity index (χ2n) is 10.2. The number of imide groups is 1. The lowest BCUT2D eigenvalue weighted by Crippen LogP contribution is -2.57. The van der Waals surface area contributed by atoms with Crippen molar-refractivity contribution in [1.29, 1.82) is 0 Å². The summed E-state index contributed by atoms with van der Waals surface area (Å²) in [7, 11) is 7.59. The molecule has 10 heteroatoms. The van der Waals surface area contributed by atoms with Gasteiger partial charge >= 0.3 is 6.03 Å². The fraction of sp³-hybridized carbons (Fsp3) is 0.739. The molecule has 2 heterocycles. The van der Waals surface area contributed by atoms with E-state index in [2.05, 4.69) is 17.3 Å². The van der Waals surface area contributed by atoms with E-state index in [-0.39, 0.29) is 29.9 Å².